The van der Waals surface area contributed by atoms with Crippen molar-refractivity contribution >= 4 is 17.7 Å². The van der Waals surface area contributed by atoms with Crippen LogP contribution >= 0.6 is 11.8 Å². The van der Waals surface area contributed by atoms with E-state index in [0.717, 1.165) is 29.9 Å². The average molecular weight is 340 g/mol. The Labute approximate surface area is 149 Å². The zero-order valence-corrected chi connectivity index (χ0v) is 15.1. The van der Waals surface area contributed by atoms with Gasteiger partial charge in [-0.15, -0.1) is 0 Å². The van der Waals surface area contributed by atoms with Gasteiger partial charge in [0.25, 0.3) is 5.91 Å². The van der Waals surface area contributed by atoms with Crippen molar-refractivity contribution in [2.45, 2.75) is 38.4 Å². The van der Waals surface area contributed by atoms with Gasteiger partial charge in [-0.2, -0.15) is 11.8 Å². The van der Waals surface area contributed by atoms with Gasteiger partial charge in [0.05, 0.1) is 0 Å². The number of benzene rings is 2. The summed E-state index contributed by atoms with van der Waals surface area (Å²) in [7, 11) is 0. The average Bonchev–Trinajstić information content (AvgIpc) is 2.61. The Morgan fingerprint density at radius 1 is 1.08 bits per heavy atom. The lowest BCUT2D eigenvalue weighted by Crippen LogP contribution is -2.26. The molecule has 2 aromatic rings. The van der Waals surface area contributed by atoms with Crippen LogP contribution in [0.3, 0.4) is 0 Å². The van der Waals surface area contributed by atoms with E-state index in [1.165, 1.54) is 35.1 Å². The number of rotatable bonds is 6. The molecule has 24 heavy (non-hydrogen) atoms. The fourth-order valence-electron chi connectivity index (χ4n) is 3.21. The lowest BCUT2D eigenvalue weighted by molar-refractivity contribution is 0.0956. The molecule has 0 radical (unpaired) electrons. The van der Waals surface area contributed by atoms with Gasteiger partial charge in [-0.25, -0.2) is 0 Å². The molecule has 1 N–H and O–H groups in total. The summed E-state index contributed by atoms with van der Waals surface area (Å²) in [5.74, 6) is 1.99. The third kappa shape index (κ3) is 4.64. The second-order valence-corrected chi connectivity index (χ2v) is 7.59. The van der Waals surface area contributed by atoms with Gasteiger partial charge in [0.1, 0.15) is 0 Å². The standard InChI is InChI=1S/C21H25NOS/c1-16-5-4-6-17(13-16)15-24-12-11-22-21(23)20-10-9-18-7-2-3-8-19(18)14-20/h4-6,9-10,13-14H,2-3,7-8,11-12,15H2,1H3,(H,22,23). The van der Waals surface area contributed by atoms with Gasteiger partial charge in [0.2, 0.25) is 0 Å². The molecule has 126 valence electrons. The lowest BCUT2D eigenvalue weighted by Gasteiger charge is -2.16. The minimum atomic E-state index is 0.0551. The van der Waals surface area contributed by atoms with E-state index in [0.29, 0.717) is 6.54 Å². The fourth-order valence-corrected chi connectivity index (χ4v) is 4.01. The van der Waals surface area contributed by atoms with E-state index in [-0.39, 0.29) is 5.91 Å². The summed E-state index contributed by atoms with van der Waals surface area (Å²) in [5.41, 5.74) is 6.24. The fraction of sp³-hybridized carbons (Fsp3) is 0.381. The van der Waals surface area contributed by atoms with Crippen molar-refractivity contribution < 1.29 is 4.79 Å². The number of carbonyl (C=O) groups is 1. The van der Waals surface area contributed by atoms with Crippen LogP contribution in [0.4, 0.5) is 0 Å². The second kappa shape index (κ2) is 8.39. The maximum absolute atomic E-state index is 12.3. The molecule has 2 aromatic carbocycles. The number of aryl methyl sites for hydroxylation is 3. The number of nitrogens with one attached hydrogen (secondary N) is 1. The van der Waals surface area contributed by atoms with Crippen LogP contribution in [0.2, 0.25) is 0 Å². The van der Waals surface area contributed by atoms with Crippen molar-refractivity contribution in [3.05, 3.63) is 70.3 Å². The van der Waals surface area contributed by atoms with Crippen LogP contribution in [0.15, 0.2) is 42.5 Å². The molecule has 0 bridgehead atoms. The highest BCUT2D eigenvalue weighted by molar-refractivity contribution is 7.98. The summed E-state index contributed by atoms with van der Waals surface area (Å²) in [4.78, 5) is 12.3. The summed E-state index contributed by atoms with van der Waals surface area (Å²) in [6.45, 7) is 2.83. The van der Waals surface area contributed by atoms with E-state index in [1.807, 2.05) is 17.8 Å². The molecule has 2 nitrogen and oxygen atoms in total. The van der Waals surface area contributed by atoms with Gasteiger partial charge in [-0.3, -0.25) is 4.79 Å². The number of hydrogen-bond acceptors (Lipinski definition) is 2. The molecular weight excluding hydrogens is 314 g/mol. The van der Waals surface area contributed by atoms with Crippen LogP contribution in [0.5, 0.6) is 0 Å². The van der Waals surface area contributed by atoms with Crippen LogP contribution in [0.1, 0.15) is 45.5 Å². The van der Waals surface area contributed by atoms with Gasteiger partial charge in [-0.1, -0.05) is 35.9 Å². The first-order valence-corrected chi connectivity index (χ1v) is 9.91. The Bertz CT molecular complexity index is 711. The van der Waals surface area contributed by atoms with Crippen molar-refractivity contribution in [2.24, 2.45) is 0 Å². The zero-order valence-electron chi connectivity index (χ0n) is 14.3. The molecule has 0 fully saturated rings. The molecule has 1 aliphatic carbocycles. The molecule has 0 unspecified atom stereocenters. The number of hydrogen-bond donors (Lipinski definition) is 1. The summed E-state index contributed by atoms with van der Waals surface area (Å²) >= 11 is 1.86. The van der Waals surface area contributed by atoms with E-state index < -0.39 is 0 Å². The molecule has 0 saturated carbocycles. The minimum Gasteiger partial charge on any atom is -0.351 e. The first-order valence-electron chi connectivity index (χ1n) is 8.76. The van der Waals surface area contributed by atoms with Gasteiger partial charge in [0.15, 0.2) is 0 Å². The van der Waals surface area contributed by atoms with Crippen molar-refractivity contribution in [3.8, 4) is 0 Å². The first-order chi connectivity index (χ1) is 11.7. The van der Waals surface area contributed by atoms with Crippen LogP contribution in [-0.2, 0) is 18.6 Å². The van der Waals surface area contributed by atoms with Crippen molar-refractivity contribution in [2.75, 3.05) is 12.3 Å². The highest BCUT2D eigenvalue weighted by Gasteiger charge is 2.12. The highest BCUT2D eigenvalue weighted by atomic mass is 32.2. The third-order valence-electron chi connectivity index (χ3n) is 4.49. The van der Waals surface area contributed by atoms with Crippen molar-refractivity contribution in [1.82, 2.24) is 5.32 Å². The Morgan fingerprint density at radius 2 is 1.92 bits per heavy atom. The monoisotopic (exact) mass is 339 g/mol. The quantitative estimate of drug-likeness (QED) is 0.783. The molecule has 0 heterocycles. The number of amides is 1. The predicted molar refractivity (Wildman–Crippen MR) is 103 cm³/mol. The SMILES string of the molecule is Cc1cccc(CSCCNC(=O)c2ccc3c(c2)CCCC3)c1. The van der Waals surface area contributed by atoms with E-state index in [9.17, 15) is 4.79 Å². The Hall–Kier alpha value is -1.74. The normalized spacial score (nSPS) is 13.4. The molecule has 0 atom stereocenters. The van der Waals surface area contributed by atoms with Crippen LogP contribution in [0.25, 0.3) is 0 Å². The molecule has 3 heteroatoms. The second-order valence-electron chi connectivity index (χ2n) is 6.49. The molecule has 1 aliphatic rings. The van der Waals surface area contributed by atoms with Gasteiger partial charge >= 0.3 is 0 Å². The maximum Gasteiger partial charge on any atom is 0.251 e. The Kier molecular flexibility index (Phi) is 5.97. The van der Waals surface area contributed by atoms with Gasteiger partial charge in [-0.05, 0) is 61.4 Å². The molecule has 0 saturated heterocycles. The summed E-state index contributed by atoms with van der Waals surface area (Å²) in [6.07, 6.45) is 4.79. The number of thioether (sulfide) groups is 1. The minimum absolute atomic E-state index is 0.0551. The van der Waals surface area contributed by atoms with E-state index >= 15 is 0 Å². The molecule has 0 aliphatic heterocycles. The molecule has 0 aromatic heterocycles. The molecular formula is C21H25NOS. The zero-order chi connectivity index (χ0) is 16.8. The Balaban J connectivity index is 1.42. The van der Waals surface area contributed by atoms with E-state index in [4.69, 9.17) is 0 Å². The van der Waals surface area contributed by atoms with Crippen LogP contribution < -0.4 is 5.32 Å². The van der Waals surface area contributed by atoms with E-state index in [2.05, 4.69) is 48.6 Å². The van der Waals surface area contributed by atoms with Gasteiger partial charge in [0, 0.05) is 23.6 Å². The van der Waals surface area contributed by atoms with Crippen molar-refractivity contribution in [1.29, 1.82) is 0 Å². The van der Waals surface area contributed by atoms with Gasteiger partial charge < -0.3 is 5.32 Å². The number of carbonyl (C=O) groups excluding carboxylic acids is 1. The summed E-state index contributed by atoms with van der Waals surface area (Å²) < 4.78 is 0. The van der Waals surface area contributed by atoms with Crippen LogP contribution in [-0.4, -0.2) is 18.2 Å². The molecule has 0 spiro atoms. The predicted octanol–water partition coefficient (Wildman–Crippen LogP) is 4.54. The lowest BCUT2D eigenvalue weighted by atomic mass is 9.90. The highest BCUT2D eigenvalue weighted by Crippen LogP contribution is 2.22. The number of fused-ring (bicyclic) bond motifs is 1. The topological polar surface area (TPSA) is 29.1 Å². The maximum atomic E-state index is 12.3. The van der Waals surface area contributed by atoms with E-state index in [1.54, 1.807) is 0 Å². The Morgan fingerprint density at radius 3 is 2.75 bits per heavy atom. The smallest absolute Gasteiger partial charge is 0.251 e. The first kappa shape index (κ1) is 17.1. The summed E-state index contributed by atoms with van der Waals surface area (Å²) in [6, 6.07) is 14.8. The molecule has 1 amide bonds. The largest absolute Gasteiger partial charge is 0.351 e. The van der Waals surface area contributed by atoms with Crippen LogP contribution in [0, 0.1) is 6.92 Å². The molecule has 3 rings (SSSR count). The van der Waals surface area contributed by atoms with Crippen molar-refractivity contribution in [3.63, 3.8) is 0 Å². The third-order valence-corrected chi connectivity index (χ3v) is 5.52. The summed E-state index contributed by atoms with van der Waals surface area (Å²) in [5, 5.41) is 3.04.